The Bertz CT molecular complexity index is 1040. The number of nitrogens with zero attached hydrogens (tertiary/aromatic N) is 3. The second-order valence-corrected chi connectivity index (χ2v) is 8.09. The first kappa shape index (κ1) is 25.0. The van der Waals surface area contributed by atoms with Crippen LogP contribution in [0.1, 0.15) is 31.0 Å². The highest BCUT2D eigenvalue weighted by molar-refractivity contribution is 14.0. The molecule has 1 aliphatic rings. The number of aromatic nitrogens is 1. The topological polar surface area (TPSA) is 65.7 Å². The maximum absolute atomic E-state index is 13.5. The van der Waals surface area contributed by atoms with Crippen LogP contribution in [0.5, 0.6) is 0 Å². The van der Waals surface area contributed by atoms with Gasteiger partial charge in [-0.3, -0.25) is 0 Å². The molecular formula is C25H31FIN5O. The van der Waals surface area contributed by atoms with Crippen molar-refractivity contribution in [1.82, 2.24) is 15.6 Å². The van der Waals surface area contributed by atoms with Crippen molar-refractivity contribution in [3.8, 4) is 11.5 Å². The van der Waals surface area contributed by atoms with Crippen LogP contribution in [0, 0.1) is 12.7 Å². The Labute approximate surface area is 211 Å². The molecule has 3 aromatic rings. The van der Waals surface area contributed by atoms with Gasteiger partial charge in [0.15, 0.2) is 5.96 Å². The summed E-state index contributed by atoms with van der Waals surface area (Å²) in [7, 11) is 0. The highest BCUT2D eigenvalue weighted by Crippen LogP contribution is 2.21. The summed E-state index contributed by atoms with van der Waals surface area (Å²) >= 11 is 0. The number of halogens is 2. The first-order valence-corrected chi connectivity index (χ1v) is 11.2. The number of aliphatic imine (C=N–C) groups is 1. The second kappa shape index (κ2) is 12.0. The van der Waals surface area contributed by atoms with E-state index < -0.39 is 0 Å². The van der Waals surface area contributed by atoms with Gasteiger partial charge in [-0.1, -0.05) is 23.8 Å². The lowest BCUT2D eigenvalue weighted by molar-refractivity contribution is 0.461. The molecule has 2 heterocycles. The van der Waals surface area contributed by atoms with E-state index in [4.69, 9.17) is 9.41 Å². The molecule has 176 valence electrons. The van der Waals surface area contributed by atoms with E-state index in [9.17, 15) is 4.39 Å². The second-order valence-electron chi connectivity index (χ2n) is 8.09. The van der Waals surface area contributed by atoms with Crippen LogP contribution in [0.4, 0.5) is 10.1 Å². The molecule has 4 rings (SSSR count). The van der Waals surface area contributed by atoms with Crippen molar-refractivity contribution in [2.24, 2.45) is 4.99 Å². The van der Waals surface area contributed by atoms with E-state index in [0.717, 1.165) is 55.4 Å². The number of oxazole rings is 1. The van der Waals surface area contributed by atoms with E-state index in [1.807, 2.05) is 30.3 Å². The van der Waals surface area contributed by atoms with E-state index in [2.05, 4.69) is 34.4 Å². The van der Waals surface area contributed by atoms with E-state index >= 15 is 0 Å². The Kier molecular flexibility index (Phi) is 9.11. The van der Waals surface area contributed by atoms with E-state index in [1.54, 1.807) is 18.4 Å². The monoisotopic (exact) mass is 563 g/mol. The number of nitrogens with one attached hydrogen (secondary N) is 2. The first-order chi connectivity index (χ1) is 15.6. The van der Waals surface area contributed by atoms with Gasteiger partial charge < -0.3 is 20.0 Å². The number of benzene rings is 2. The Morgan fingerprint density at radius 3 is 2.64 bits per heavy atom. The number of hydrogen-bond donors (Lipinski definition) is 2. The van der Waals surface area contributed by atoms with Gasteiger partial charge in [0, 0.05) is 36.9 Å². The fraction of sp³-hybridized carbons (Fsp3) is 0.360. The van der Waals surface area contributed by atoms with Crippen LogP contribution < -0.4 is 15.5 Å². The Balaban J connectivity index is 0.00000306. The molecule has 8 heteroatoms. The van der Waals surface area contributed by atoms with Crippen molar-refractivity contribution in [3.05, 3.63) is 71.9 Å². The fourth-order valence-electron chi connectivity index (χ4n) is 3.84. The number of guanidine groups is 1. The number of hydrogen-bond acceptors (Lipinski definition) is 4. The number of aryl methyl sites for hydroxylation is 1. The molecule has 0 aliphatic carbocycles. The van der Waals surface area contributed by atoms with Crippen molar-refractivity contribution < 1.29 is 8.81 Å². The van der Waals surface area contributed by atoms with Crippen LogP contribution in [-0.4, -0.2) is 36.6 Å². The van der Waals surface area contributed by atoms with Gasteiger partial charge in [0.25, 0.3) is 0 Å². The van der Waals surface area contributed by atoms with Gasteiger partial charge in [-0.2, -0.15) is 0 Å². The predicted octanol–water partition coefficient (Wildman–Crippen LogP) is 5.13. The maximum Gasteiger partial charge on any atom is 0.226 e. The largest absolute Gasteiger partial charge is 0.444 e. The molecule has 1 aromatic heterocycles. The van der Waals surface area contributed by atoms with E-state index in [-0.39, 0.29) is 29.8 Å². The molecule has 0 saturated carbocycles. The fourth-order valence-corrected chi connectivity index (χ4v) is 3.84. The molecule has 1 saturated heterocycles. The van der Waals surface area contributed by atoms with E-state index in [1.165, 1.54) is 11.6 Å². The van der Waals surface area contributed by atoms with Crippen LogP contribution in [-0.2, 0) is 6.54 Å². The quantitative estimate of drug-likeness (QED) is 0.247. The standard InChI is InChI=1S/C25H30FN5O.HI/c1-3-27-25(28-16-22-17-32-24(29-22)19-9-7-18(2)8-10-19)30-21-11-13-31(14-12-21)23-6-4-5-20(26)15-23;/h4-10,15,17,21H,3,11-14,16H2,1-2H3,(H2,27,28,30);1H. The summed E-state index contributed by atoms with van der Waals surface area (Å²) in [6.45, 7) is 7.08. The van der Waals surface area contributed by atoms with Gasteiger partial charge in [0.2, 0.25) is 5.89 Å². The summed E-state index contributed by atoms with van der Waals surface area (Å²) in [5.74, 6) is 1.19. The SMILES string of the molecule is CCNC(=NCc1coc(-c2ccc(C)cc2)n1)NC1CCN(c2cccc(F)c2)CC1.I. The molecule has 0 bridgehead atoms. The summed E-state index contributed by atoms with van der Waals surface area (Å²) in [6.07, 6.45) is 3.59. The van der Waals surface area contributed by atoms with Crippen LogP contribution in [0.3, 0.4) is 0 Å². The highest BCUT2D eigenvalue weighted by atomic mass is 127. The van der Waals surface area contributed by atoms with Crippen molar-refractivity contribution in [2.75, 3.05) is 24.5 Å². The molecule has 1 aliphatic heterocycles. The average molecular weight is 563 g/mol. The molecular weight excluding hydrogens is 532 g/mol. The van der Waals surface area contributed by atoms with Gasteiger partial charge in [-0.15, -0.1) is 24.0 Å². The minimum Gasteiger partial charge on any atom is -0.444 e. The predicted molar refractivity (Wildman–Crippen MR) is 142 cm³/mol. The zero-order valence-electron chi connectivity index (χ0n) is 19.1. The van der Waals surface area contributed by atoms with Gasteiger partial charge in [-0.05, 0) is 57.0 Å². The van der Waals surface area contributed by atoms with Gasteiger partial charge in [0.1, 0.15) is 17.8 Å². The third kappa shape index (κ3) is 6.93. The highest BCUT2D eigenvalue weighted by Gasteiger charge is 2.20. The molecule has 0 amide bonds. The maximum atomic E-state index is 13.5. The number of anilines is 1. The Morgan fingerprint density at radius 1 is 1.18 bits per heavy atom. The van der Waals surface area contributed by atoms with Crippen LogP contribution in [0.2, 0.25) is 0 Å². The summed E-state index contributed by atoms with van der Waals surface area (Å²) in [5, 5.41) is 6.85. The van der Waals surface area contributed by atoms with Gasteiger partial charge in [0.05, 0.1) is 6.54 Å². The number of rotatable bonds is 6. The average Bonchev–Trinajstić information content (AvgIpc) is 3.28. The molecule has 2 aromatic carbocycles. The molecule has 0 radical (unpaired) electrons. The number of piperidine rings is 1. The minimum atomic E-state index is -0.192. The lowest BCUT2D eigenvalue weighted by Gasteiger charge is -2.34. The summed E-state index contributed by atoms with van der Waals surface area (Å²) in [5.41, 5.74) is 3.90. The molecule has 33 heavy (non-hydrogen) atoms. The first-order valence-electron chi connectivity index (χ1n) is 11.2. The molecule has 6 nitrogen and oxygen atoms in total. The molecule has 0 atom stereocenters. The molecule has 1 fully saturated rings. The van der Waals surface area contributed by atoms with Crippen molar-refractivity contribution in [1.29, 1.82) is 0 Å². The van der Waals surface area contributed by atoms with Gasteiger partial charge >= 0.3 is 0 Å². The van der Waals surface area contributed by atoms with Crippen LogP contribution >= 0.6 is 24.0 Å². The van der Waals surface area contributed by atoms with Crippen LogP contribution in [0.15, 0.2) is 64.2 Å². The summed E-state index contributed by atoms with van der Waals surface area (Å²) in [6, 6.07) is 15.2. The Hall–Kier alpha value is -2.62. The zero-order chi connectivity index (χ0) is 22.3. The smallest absolute Gasteiger partial charge is 0.226 e. The molecule has 0 spiro atoms. The van der Waals surface area contributed by atoms with Gasteiger partial charge in [-0.25, -0.2) is 14.4 Å². The van der Waals surface area contributed by atoms with E-state index in [0.29, 0.717) is 18.5 Å². The third-order valence-corrected chi connectivity index (χ3v) is 5.60. The normalized spacial score (nSPS) is 14.6. The van der Waals surface area contributed by atoms with Crippen molar-refractivity contribution >= 4 is 35.6 Å². The van der Waals surface area contributed by atoms with Crippen molar-refractivity contribution in [2.45, 2.75) is 39.3 Å². The van der Waals surface area contributed by atoms with Crippen LogP contribution in [0.25, 0.3) is 11.5 Å². The Morgan fingerprint density at radius 2 is 1.94 bits per heavy atom. The zero-order valence-corrected chi connectivity index (χ0v) is 21.4. The summed E-state index contributed by atoms with van der Waals surface area (Å²) < 4.78 is 19.2. The lowest BCUT2D eigenvalue weighted by atomic mass is 10.0. The third-order valence-electron chi connectivity index (χ3n) is 5.60. The lowest BCUT2D eigenvalue weighted by Crippen LogP contribution is -2.48. The molecule has 2 N–H and O–H groups in total. The summed E-state index contributed by atoms with van der Waals surface area (Å²) in [4.78, 5) is 11.5. The van der Waals surface area contributed by atoms with Crippen molar-refractivity contribution in [3.63, 3.8) is 0 Å². The minimum absolute atomic E-state index is 0. The molecule has 0 unspecified atom stereocenters.